The van der Waals surface area contributed by atoms with Crippen LogP contribution < -0.4 is 21.3 Å². The minimum absolute atomic E-state index is 0.00823. The van der Waals surface area contributed by atoms with Gasteiger partial charge >= 0.3 is 0 Å². The van der Waals surface area contributed by atoms with E-state index >= 15 is 0 Å². The molecule has 14 nitrogen and oxygen atoms in total. The van der Waals surface area contributed by atoms with E-state index in [2.05, 4.69) is 26.3 Å². The van der Waals surface area contributed by atoms with E-state index < -0.39 is 66.2 Å². The number of rotatable bonds is 4. The van der Waals surface area contributed by atoms with Gasteiger partial charge in [0, 0.05) is 25.5 Å². The monoisotopic (exact) mass is 714 g/mol. The first-order valence-corrected chi connectivity index (χ1v) is 17.4. The van der Waals surface area contributed by atoms with Crippen molar-refractivity contribution in [1.29, 1.82) is 5.26 Å². The second kappa shape index (κ2) is 17.3. The molecule has 4 N–H and O–H groups in total. The van der Waals surface area contributed by atoms with Gasteiger partial charge in [0.2, 0.25) is 23.6 Å². The molecule has 15 heteroatoms. The fraction of sp³-hybridized carbons (Fsp3) is 0.389. The van der Waals surface area contributed by atoms with Gasteiger partial charge in [-0.25, -0.2) is 4.98 Å². The van der Waals surface area contributed by atoms with Crippen LogP contribution in [0.2, 0.25) is 0 Å². The molecule has 0 fully saturated rings. The van der Waals surface area contributed by atoms with Crippen LogP contribution in [0.15, 0.2) is 60.0 Å². The lowest BCUT2D eigenvalue weighted by Gasteiger charge is -2.29. The summed E-state index contributed by atoms with van der Waals surface area (Å²) in [5.41, 5.74) is 1.14. The number of nitriles is 1. The summed E-state index contributed by atoms with van der Waals surface area (Å²) in [7, 11) is 1.51. The SMILES string of the molecule is CC(C)[C@@H]1NC(=O)[C@H](C)NC(=O)c2csc(n2)[C@H](Cc2ccccc2)NC(=O)CN(C(=O)c2ccccc2C#N)CCN(C)C(=O)[C@@H](C)NC1=O. The molecule has 1 aromatic heterocycles. The third-order valence-electron chi connectivity index (χ3n) is 8.37. The fourth-order valence-electron chi connectivity index (χ4n) is 5.43. The molecule has 0 saturated carbocycles. The van der Waals surface area contributed by atoms with Gasteiger partial charge in [0.1, 0.15) is 28.8 Å². The van der Waals surface area contributed by atoms with Crippen LogP contribution in [0.25, 0.3) is 0 Å². The molecular formula is C36H42N8O6S. The third-order valence-corrected chi connectivity index (χ3v) is 9.33. The highest BCUT2D eigenvalue weighted by Crippen LogP contribution is 2.23. The first-order valence-electron chi connectivity index (χ1n) is 16.5. The summed E-state index contributed by atoms with van der Waals surface area (Å²) in [5.74, 6) is -3.77. The Hall–Kier alpha value is -5.62. The highest BCUT2D eigenvalue weighted by molar-refractivity contribution is 7.09. The van der Waals surface area contributed by atoms with E-state index in [-0.39, 0.29) is 35.8 Å². The zero-order chi connectivity index (χ0) is 37.2. The maximum atomic E-state index is 13.9. The van der Waals surface area contributed by atoms with Crippen molar-refractivity contribution in [3.05, 3.63) is 87.4 Å². The standard InChI is InChI=1S/C36H42N8O6S/c1-21(2)30-33(48)39-23(4)35(49)43(5)15-16-44(36(50)26-14-10-9-13-25(26)18-37)19-29(45)40-27(17-24-11-7-6-8-12-24)34-41-28(20-51-34)32(47)38-22(3)31(46)42-30/h6-14,20-23,27,30H,15-17,19H2,1-5H3,(H,38,47)(H,39,48)(H,40,45)(H,42,46)/t22-,23+,27-,30-/m0/s1. The minimum atomic E-state index is -1.04. The number of carbonyl (C=O) groups excluding carboxylic acids is 6. The molecule has 2 heterocycles. The zero-order valence-corrected chi connectivity index (χ0v) is 30.0. The van der Waals surface area contributed by atoms with Crippen LogP contribution in [0.4, 0.5) is 0 Å². The average Bonchev–Trinajstić information content (AvgIpc) is 3.61. The van der Waals surface area contributed by atoms with E-state index in [0.29, 0.717) is 11.4 Å². The predicted molar refractivity (Wildman–Crippen MR) is 189 cm³/mol. The molecule has 1 aliphatic rings. The van der Waals surface area contributed by atoms with Gasteiger partial charge in [-0.1, -0.05) is 56.3 Å². The number of thiazole rings is 1. The number of aromatic nitrogens is 1. The Morgan fingerprint density at radius 1 is 0.922 bits per heavy atom. The molecule has 0 aliphatic carbocycles. The van der Waals surface area contributed by atoms with Gasteiger partial charge in [0.05, 0.1) is 29.8 Å². The van der Waals surface area contributed by atoms with Crippen LogP contribution in [-0.4, -0.2) is 95.0 Å². The van der Waals surface area contributed by atoms with Gasteiger partial charge in [-0.3, -0.25) is 28.8 Å². The number of hydrogen-bond acceptors (Lipinski definition) is 9. The van der Waals surface area contributed by atoms with Gasteiger partial charge in [-0.05, 0) is 43.9 Å². The highest BCUT2D eigenvalue weighted by atomic mass is 32.1. The summed E-state index contributed by atoms with van der Waals surface area (Å²) < 4.78 is 0. The van der Waals surface area contributed by atoms with E-state index in [1.807, 2.05) is 36.4 Å². The number of amides is 6. The minimum Gasteiger partial charge on any atom is -0.345 e. The Morgan fingerprint density at radius 2 is 1.61 bits per heavy atom. The average molecular weight is 715 g/mol. The molecule has 51 heavy (non-hydrogen) atoms. The van der Waals surface area contributed by atoms with Crippen molar-refractivity contribution in [3.8, 4) is 6.07 Å². The summed E-state index contributed by atoms with van der Waals surface area (Å²) in [6.45, 7) is 5.95. The number of nitrogens with one attached hydrogen (secondary N) is 4. The van der Waals surface area contributed by atoms with Gasteiger partial charge in [-0.2, -0.15) is 5.26 Å². The summed E-state index contributed by atoms with van der Waals surface area (Å²) in [4.78, 5) is 87.7. The highest BCUT2D eigenvalue weighted by Gasteiger charge is 2.31. The van der Waals surface area contributed by atoms with Crippen molar-refractivity contribution < 1.29 is 28.8 Å². The first-order chi connectivity index (χ1) is 24.3. The van der Waals surface area contributed by atoms with Crippen molar-refractivity contribution in [1.82, 2.24) is 36.1 Å². The van der Waals surface area contributed by atoms with Crippen LogP contribution in [0.5, 0.6) is 0 Å². The smallest absolute Gasteiger partial charge is 0.271 e. The second-order valence-corrected chi connectivity index (χ2v) is 13.6. The molecule has 0 radical (unpaired) electrons. The Kier molecular flexibility index (Phi) is 13.0. The number of nitrogens with zero attached hydrogens (tertiary/aromatic N) is 4. The number of likely N-dealkylation sites (N-methyl/N-ethyl adjacent to an activating group) is 1. The van der Waals surface area contributed by atoms with Gasteiger partial charge in [0.25, 0.3) is 11.8 Å². The molecule has 0 unspecified atom stereocenters. The van der Waals surface area contributed by atoms with E-state index in [9.17, 15) is 34.0 Å². The maximum Gasteiger partial charge on any atom is 0.271 e. The molecule has 0 spiro atoms. The summed E-state index contributed by atoms with van der Waals surface area (Å²) >= 11 is 1.15. The molecule has 6 amide bonds. The quantitative estimate of drug-likeness (QED) is 0.314. The van der Waals surface area contributed by atoms with Crippen molar-refractivity contribution in [3.63, 3.8) is 0 Å². The normalized spacial score (nSPS) is 21.5. The van der Waals surface area contributed by atoms with Crippen LogP contribution in [-0.2, 0) is 25.6 Å². The molecule has 3 aromatic rings. The van der Waals surface area contributed by atoms with E-state index in [4.69, 9.17) is 0 Å². The lowest BCUT2D eigenvalue weighted by Crippen LogP contribution is -2.57. The lowest BCUT2D eigenvalue weighted by atomic mass is 10.0. The largest absolute Gasteiger partial charge is 0.345 e. The van der Waals surface area contributed by atoms with Crippen LogP contribution in [0, 0.1) is 17.2 Å². The molecular weight excluding hydrogens is 673 g/mol. The molecule has 0 saturated heterocycles. The fourth-order valence-corrected chi connectivity index (χ4v) is 6.28. The van der Waals surface area contributed by atoms with Crippen molar-refractivity contribution in [2.75, 3.05) is 26.7 Å². The van der Waals surface area contributed by atoms with E-state index in [1.54, 1.807) is 26.0 Å². The summed E-state index contributed by atoms with van der Waals surface area (Å²) in [5, 5.41) is 22.5. The Bertz CT molecular complexity index is 1810. The number of carbonyl (C=O) groups is 6. The summed E-state index contributed by atoms with van der Waals surface area (Å²) in [6.07, 6.45) is 0.317. The molecule has 2 bridgehead atoms. The second-order valence-electron chi connectivity index (χ2n) is 12.7. The van der Waals surface area contributed by atoms with Gasteiger partial charge < -0.3 is 31.1 Å². The molecule has 2 aromatic carbocycles. The molecule has 268 valence electrons. The first kappa shape index (κ1) is 38.2. The third kappa shape index (κ3) is 9.98. The summed E-state index contributed by atoms with van der Waals surface area (Å²) in [6, 6.07) is 13.9. The Balaban J connectivity index is 1.71. The Morgan fingerprint density at radius 3 is 2.29 bits per heavy atom. The molecule has 4 rings (SSSR count). The van der Waals surface area contributed by atoms with Gasteiger partial charge in [-0.15, -0.1) is 11.3 Å². The van der Waals surface area contributed by atoms with Crippen LogP contribution >= 0.6 is 11.3 Å². The van der Waals surface area contributed by atoms with Crippen molar-refractivity contribution in [2.45, 2.75) is 58.3 Å². The van der Waals surface area contributed by atoms with Crippen molar-refractivity contribution in [2.24, 2.45) is 5.92 Å². The number of hydrogen-bond donors (Lipinski definition) is 4. The maximum absolute atomic E-state index is 13.9. The zero-order valence-electron chi connectivity index (χ0n) is 29.1. The van der Waals surface area contributed by atoms with E-state index in [0.717, 1.165) is 16.9 Å². The predicted octanol–water partition coefficient (Wildman–Crippen LogP) is 1.79. The topological polar surface area (TPSA) is 194 Å². The lowest BCUT2D eigenvalue weighted by molar-refractivity contribution is -0.136. The van der Waals surface area contributed by atoms with Crippen LogP contribution in [0.3, 0.4) is 0 Å². The number of fused-ring (bicyclic) bond motifs is 2. The van der Waals surface area contributed by atoms with Crippen molar-refractivity contribution >= 4 is 46.8 Å². The Labute approximate surface area is 300 Å². The number of benzene rings is 2. The molecule has 1 aliphatic heterocycles. The van der Waals surface area contributed by atoms with Gasteiger partial charge in [0.15, 0.2) is 0 Å². The van der Waals surface area contributed by atoms with Crippen LogP contribution in [0.1, 0.15) is 70.7 Å². The van der Waals surface area contributed by atoms with E-state index in [1.165, 1.54) is 48.2 Å². The molecule has 4 atom stereocenters.